The smallest absolute Gasteiger partial charge is 0.303 e. The molecule has 1 atom stereocenters. The first-order valence-corrected chi connectivity index (χ1v) is 5.85. The molecule has 0 aliphatic carbocycles. The molecule has 0 radical (unpaired) electrons. The maximum Gasteiger partial charge on any atom is 0.470 e. The molecule has 0 aliphatic rings. The first-order chi connectivity index (χ1) is 6.53. The van der Waals surface area contributed by atoms with Crippen LogP contribution in [0.2, 0.25) is 0 Å². The normalized spacial score (nSPS) is 13.9. The van der Waals surface area contributed by atoms with E-state index in [-0.39, 0.29) is 0 Å². The van der Waals surface area contributed by atoms with Crippen molar-refractivity contribution in [3.8, 4) is 0 Å². The first-order valence-electron chi connectivity index (χ1n) is 4.32. The topological polar surface area (TPSA) is 66.8 Å². The van der Waals surface area contributed by atoms with E-state index in [1.165, 1.54) is 0 Å². The predicted octanol–water partition coefficient (Wildman–Crippen LogP) is 2.25. The second-order valence-electron chi connectivity index (χ2n) is 2.90. The maximum absolute atomic E-state index is 10.6. The minimum atomic E-state index is -4.40. The van der Waals surface area contributed by atoms with Gasteiger partial charge < -0.3 is 9.79 Å². The van der Waals surface area contributed by atoms with Crippen molar-refractivity contribution in [2.24, 2.45) is 0 Å². The standard InChI is InChI=1S/C9H13O4P/c1-2-9(13-14(10,11)12)8-6-4-3-5-7-8/h3-7,9H,2H2,1H3,(H2,10,11,12)/t9-/m0/s1. The molecule has 2 N–H and O–H groups in total. The molecule has 0 aromatic heterocycles. The van der Waals surface area contributed by atoms with Crippen LogP contribution in [0.15, 0.2) is 30.3 Å². The molecule has 0 saturated carbocycles. The second kappa shape index (κ2) is 4.71. The quantitative estimate of drug-likeness (QED) is 0.757. The van der Waals surface area contributed by atoms with Gasteiger partial charge in [0, 0.05) is 0 Å². The van der Waals surface area contributed by atoms with Gasteiger partial charge in [-0.3, -0.25) is 4.52 Å². The molecule has 0 heterocycles. The summed E-state index contributed by atoms with van der Waals surface area (Å²) in [5, 5.41) is 0. The Morgan fingerprint density at radius 3 is 2.36 bits per heavy atom. The van der Waals surface area contributed by atoms with Gasteiger partial charge in [-0.2, -0.15) is 0 Å². The van der Waals surface area contributed by atoms with Gasteiger partial charge in [0.05, 0.1) is 6.10 Å². The fourth-order valence-electron chi connectivity index (χ4n) is 1.20. The molecule has 0 saturated heterocycles. The summed E-state index contributed by atoms with van der Waals surface area (Å²) in [6, 6.07) is 9.02. The number of hydrogen-bond donors (Lipinski definition) is 2. The van der Waals surface area contributed by atoms with Gasteiger partial charge in [0.1, 0.15) is 0 Å². The molecular formula is C9H13O4P. The molecule has 5 heteroatoms. The van der Waals surface area contributed by atoms with E-state index in [2.05, 4.69) is 4.52 Å². The Labute approximate surface area is 82.8 Å². The monoisotopic (exact) mass is 216 g/mol. The van der Waals surface area contributed by atoms with Crippen LogP contribution in [0.3, 0.4) is 0 Å². The number of benzene rings is 1. The lowest BCUT2D eigenvalue weighted by Gasteiger charge is -2.16. The highest BCUT2D eigenvalue weighted by molar-refractivity contribution is 7.46. The van der Waals surface area contributed by atoms with Crippen molar-refractivity contribution in [2.75, 3.05) is 0 Å². The molecule has 0 spiro atoms. The van der Waals surface area contributed by atoms with Crippen LogP contribution < -0.4 is 0 Å². The van der Waals surface area contributed by atoms with E-state index in [0.29, 0.717) is 6.42 Å². The Hall–Kier alpha value is -0.670. The summed E-state index contributed by atoms with van der Waals surface area (Å²) >= 11 is 0. The minimum absolute atomic E-state index is 0.523. The van der Waals surface area contributed by atoms with Gasteiger partial charge in [-0.1, -0.05) is 37.3 Å². The molecule has 0 aliphatic heterocycles. The fourth-order valence-corrected chi connectivity index (χ4v) is 1.81. The average molecular weight is 216 g/mol. The fraction of sp³-hybridized carbons (Fsp3) is 0.333. The molecule has 0 fully saturated rings. The molecule has 4 nitrogen and oxygen atoms in total. The molecule has 1 aromatic carbocycles. The third-order valence-electron chi connectivity index (χ3n) is 1.81. The average Bonchev–Trinajstić information content (AvgIpc) is 2.14. The van der Waals surface area contributed by atoms with Crippen molar-refractivity contribution in [3.63, 3.8) is 0 Å². The summed E-state index contributed by atoms with van der Waals surface area (Å²) in [6.07, 6.45) is -0.0215. The molecular weight excluding hydrogens is 203 g/mol. The Morgan fingerprint density at radius 1 is 1.36 bits per heavy atom. The van der Waals surface area contributed by atoms with Crippen LogP contribution in [-0.2, 0) is 9.09 Å². The van der Waals surface area contributed by atoms with Crippen LogP contribution in [0.1, 0.15) is 25.0 Å². The first kappa shape index (κ1) is 11.4. The van der Waals surface area contributed by atoms with Crippen LogP contribution in [0.5, 0.6) is 0 Å². The van der Waals surface area contributed by atoms with Gasteiger partial charge in [0.15, 0.2) is 0 Å². The van der Waals surface area contributed by atoms with E-state index in [1.54, 1.807) is 24.3 Å². The molecule has 0 bridgehead atoms. The van der Waals surface area contributed by atoms with Gasteiger partial charge in [0.25, 0.3) is 0 Å². The van der Waals surface area contributed by atoms with Gasteiger partial charge in [-0.05, 0) is 12.0 Å². The van der Waals surface area contributed by atoms with E-state index in [9.17, 15) is 4.57 Å². The molecule has 0 unspecified atom stereocenters. The van der Waals surface area contributed by atoms with E-state index >= 15 is 0 Å². The van der Waals surface area contributed by atoms with Crippen LogP contribution in [0.25, 0.3) is 0 Å². The number of rotatable bonds is 4. The zero-order valence-electron chi connectivity index (χ0n) is 7.83. The summed E-state index contributed by atoms with van der Waals surface area (Å²) in [5.41, 5.74) is 0.776. The molecule has 14 heavy (non-hydrogen) atoms. The summed E-state index contributed by atoms with van der Waals surface area (Å²) in [5.74, 6) is 0. The van der Waals surface area contributed by atoms with Gasteiger partial charge in [-0.25, -0.2) is 4.57 Å². The van der Waals surface area contributed by atoms with E-state index in [1.807, 2.05) is 13.0 Å². The van der Waals surface area contributed by atoms with E-state index in [4.69, 9.17) is 9.79 Å². The van der Waals surface area contributed by atoms with Crippen molar-refractivity contribution in [1.29, 1.82) is 0 Å². The Kier molecular flexibility index (Phi) is 3.84. The summed E-state index contributed by atoms with van der Waals surface area (Å²) in [4.78, 5) is 17.3. The SMILES string of the molecule is CC[C@H](OP(=O)(O)O)c1ccccc1. The highest BCUT2D eigenvalue weighted by atomic mass is 31.2. The Balaban J connectivity index is 2.78. The van der Waals surface area contributed by atoms with Crippen LogP contribution in [0, 0.1) is 0 Å². The largest absolute Gasteiger partial charge is 0.470 e. The van der Waals surface area contributed by atoms with Gasteiger partial charge >= 0.3 is 7.82 Å². The highest BCUT2D eigenvalue weighted by Crippen LogP contribution is 2.43. The van der Waals surface area contributed by atoms with Crippen molar-refractivity contribution in [3.05, 3.63) is 35.9 Å². The van der Waals surface area contributed by atoms with E-state index < -0.39 is 13.9 Å². The third-order valence-corrected chi connectivity index (χ3v) is 2.34. The number of phosphoric ester groups is 1. The van der Waals surface area contributed by atoms with Crippen molar-refractivity contribution >= 4 is 7.82 Å². The van der Waals surface area contributed by atoms with Crippen LogP contribution in [0.4, 0.5) is 0 Å². The predicted molar refractivity (Wildman–Crippen MR) is 52.6 cm³/mol. The van der Waals surface area contributed by atoms with Crippen LogP contribution in [-0.4, -0.2) is 9.79 Å². The van der Waals surface area contributed by atoms with Crippen molar-refractivity contribution in [1.82, 2.24) is 0 Å². The zero-order chi connectivity index (χ0) is 10.6. The summed E-state index contributed by atoms with van der Waals surface area (Å²) < 4.78 is 15.3. The van der Waals surface area contributed by atoms with Gasteiger partial charge in [0.2, 0.25) is 0 Å². The highest BCUT2D eigenvalue weighted by Gasteiger charge is 2.21. The lowest BCUT2D eigenvalue weighted by molar-refractivity contribution is 0.131. The summed E-state index contributed by atoms with van der Waals surface area (Å²) in [7, 11) is -4.40. The van der Waals surface area contributed by atoms with Crippen molar-refractivity contribution < 1.29 is 18.9 Å². The maximum atomic E-state index is 10.6. The Morgan fingerprint density at radius 2 is 1.93 bits per heavy atom. The molecule has 1 rings (SSSR count). The van der Waals surface area contributed by atoms with E-state index in [0.717, 1.165) is 5.56 Å². The molecule has 78 valence electrons. The molecule has 0 amide bonds. The lowest BCUT2D eigenvalue weighted by atomic mass is 10.1. The molecule has 1 aromatic rings. The number of hydrogen-bond acceptors (Lipinski definition) is 2. The summed E-state index contributed by atoms with van der Waals surface area (Å²) in [6.45, 7) is 1.81. The lowest BCUT2D eigenvalue weighted by Crippen LogP contribution is -2.01. The number of phosphoric acid groups is 1. The van der Waals surface area contributed by atoms with Gasteiger partial charge in [-0.15, -0.1) is 0 Å². The van der Waals surface area contributed by atoms with Crippen molar-refractivity contribution in [2.45, 2.75) is 19.4 Å². The second-order valence-corrected chi connectivity index (χ2v) is 4.10. The Bertz CT molecular complexity index is 319. The van der Waals surface area contributed by atoms with Crippen LogP contribution >= 0.6 is 7.82 Å². The minimum Gasteiger partial charge on any atom is -0.303 e. The zero-order valence-corrected chi connectivity index (χ0v) is 8.72. The third kappa shape index (κ3) is 3.60.